The number of nitrogens with one attached hydrogen (secondary N) is 3. The van der Waals surface area contributed by atoms with Crippen LogP contribution in [0.15, 0.2) is 0 Å². The van der Waals surface area contributed by atoms with Gasteiger partial charge in [-0.25, -0.2) is 13.1 Å². The molecule has 0 atom stereocenters. The van der Waals surface area contributed by atoms with Gasteiger partial charge in [0.2, 0.25) is 15.9 Å². The molecule has 0 bridgehead atoms. The Balaban J connectivity index is 1.88. The van der Waals surface area contributed by atoms with Gasteiger partial charge in [0.1, 0.15) is 0 Å². The Morgan fingerprint density at radius 2 is 1.94 bits per heavy atom. The highest BCUT2D eigenvalue weighted by atomic mass is 32.2. The first-order chi connectivity index (χ1) is 7.97. The lowest BCUT2D eigenvalue weighted by Crippen LogP contribution is -2.31. The Kier molecular flexibility index (Phi) is 5.87. The van der Waals surface area contributed by atoms with Crippen LogP contribution < -0.4 is 15.4 Å². The topological polar surface area (TPSA) is 87.3 Å². The first-order valence-electron chi connectivity index (χ1n) is 5.92. The standard InChI is InChI=1S/C10H21N3O3S/c1-17(15,16)13-7-2-6-12-10(14)5-8-11-9-3-4-9/h9,11,13H,2-8H2,1H3,(H,12,14). The summed E-state index contributed by atoms with van der Waals surface area (Å²) >= 11 is 0. The van der Waals surface area contributed by atoms with Crippen molar-refractivity contribution in [1.82, 2.24) is 15.4 Å². The lowest BCUT2D eigenvalue weighted by Gasteiger charge is -2.06. The van der Waals surface area contributed by atoms with Gasteiger partial charge in [-0.1, -0.05) is 0 Å². The fourth-order valence-corrected chi connectivity index (χ4v) is 1.85. The predicted molar refractivity (Wildman–Crippen MR) is 66.1 cm³/mol. The van der Waals surface area contributed by atoms with Crippen molar-refractivity contribution < 1.29 is 13.2 Å². The summed E-state index contributed by atoms with van der Waals surface area (Å²) in [5.74, 6) is 0.0116. The molecule has 0 aromatic heterocycles. The van der Waals surface area contributed by atoms with Gasteiger partial charge in [0.25, 0.3) is 0 Å². The Labute approximate surface area is 103 Å². The molecule has 0 spiro atoms. The summed E-state index contributed by atoms with van der Waals surface area (Å²) in [4.78, 5) is 11.3. The normalized spacial score (nSPS) is 15.8. The molecule has 17 heavy (non-hydrogen) atoms. The second kappa shape index (κ2) is 6.93. The minimum absolute atomic E-state index is 0.0116. The Morgan fingerprint density at radius 1 is 1.24 bits per heavy atom. The van der Waals surface area contributed by atoms with E-state index in [9.17, 15) is 13.2 Å². The Bertz CT molecular complexity index is 339. The molecule has 0 radical (unpaired) electrons. The highest BCUT2D eigenvalue weighted by Crippen LogP contribution is 2.18. The molecular weight excluding hydrogens is 242 g/mol. The maximum absolute atomic E-state index is 11.3. The molecule has 1 aliphatic rings. The van der Waals surface area contributed by atoms with Crippen LogP contribution in [-0.4, -0.2) is 46.3 Å². The van der Waals surface area contributed by atoms with Crippen LogP contribution in [-0.2, 0) is 14.8 Å². The molecule has 0 aromatic carbocycles. The summed E-state index contributed by atoms with van der Waals surface area (Å²) in [5, 5.41) is 6.01. The molecule has 0 aliphatic heterocycles. The highest BCUT2D eigenvalue weighted by Gasteiger charge is 2.19. The van der Waals surface area contributed by atoms with Gasteiger partial charge >= 0.3 is 0 Å². The van der Waals surface area contributed by atoms with Gasteiger partial charge in [0.15, 0.2) is 0 Å². The fourth-order valence-electron chi connectivity index (χ4n) is 1.34. The molecule has 1 saturated carbocycles. The van der Waals surface area contributed by atoms with E-state index in [0.29, 0.717) is 32.0 Å². The third kappa shape index (κ3) is 9.08. The van der Waals surface area contributed by atoms with Crippen molar-refractivity contribution in [2.75, 3.05) is 25.9 Å². The van der Waals surface area contributed by atoms with Crippen molar-refractivity contribution in [3.05, 3.63) is 0 Å². The van der Waals surface area contributed by atoms with Gasteiger partial charge < -0.3 is 10.6 Å². The minimum atomic E-state index is -3.11. The van der Waals surface area contributed by atoms with E-state index in [4.69, 9.17) is 0 Å². The maximum Gasteiger partial charge on any atom is 0.221 e. The van der Waals surface area contributed by atoms with Gasteiger partial charge in [0, 0.05) is 32.1 Å². The molecule has 100 valence electrons. The van der Waals surface area contributed by atoms with Crippen molar-refractivity contribution in [1.29, 1.82) is 0 Å². The fraction of sp³-hybridized carbons (Fsp3) is 0.900. The largest absolute Gasteiger partial charge is 0.356 e. The quantitative estimate of drug-likeness (QED) is 0.475. The summed E-state index contributed by atoms with van der Waals surface area (Å²) in [6, 6.07) is 0.627. The molecule has 1 amide bonds. The summed E-state index contributed by atoms with van der Waals surface area (Å²) in [7, 11) is -3.11. The third-order valence-corrected chi connectivity index (χ3v) is 3.13. The first kappa shape index (κ1) is 14.4. The smallest absolute Gasteiger partial charge is 0.221 e. The summed E-state index contributed by atoms with van der Waals surface area (Å²) in [5.41, 5.74) is 0. The van der Waals surface area contributed by atoms with Crippen LogP contribution in [0.2, 0.25) is 0 Å². The van der Waals surface area contributed by atoms with Gasteiger partial charge in [-0.05, 0) is 19.3 Å². The molecule has 0 unspecified atom stereocenters. The molecule has 6 nitrogen and oxygen atoms in total. The zero-order valence-electron chi connectivity index (χ0n) is 10.2. The highest BCUT2D eigenvalue weighted by molar-refractivity contribution is 7.88. The number of hydrogen-bond acceptors (Lipinski definition) is 4. The van der Waals surface area contributed by atoms with Crippen molar-refractivity contribution in [3.63, 3.8) is 0 Å². The third-order valence-electron chi connectivity index (χ3n) is 2.40. The lowest BCUT2D eigenvalue weighted by atomic mass is 10.3. The number of amides is 1. The van der Waals surface area contributed by atoms with E-state index in [-0.39, 0.29) is 5.91 Å². The van der Waals surface area contributed by atoms with E-state index in [2.05, 4.69) is 15.4 Å². The SMILES string of the molecule is CS(=O)(=O)NCCCNC(=O)CCNC1CC1. The summed E-state index contributed by atoms with van der Waals surface area (Å²) in [6.07, 6.45) is 4.65. The molecule has 1 aliphatic carbocycles. The van der Waals surface area contributed by atoms with E-state index in [1.807, 2.05) is 0 Å². The van der Waals surface area contributed by atoms with Gasteiger partial charge in [-0.2, -0.15) is 0 Å². The Morgan fingerprint density at radius 3 is 2.53 bits per heavy atom. The molecule has 7 heteroatoms. The zero-order chi connectivity index (χ0) is 12.7. The molecule has 1 fully saturated rings. The van der Waals surface area contributed by atoms with Crippen LogP contribution in [0.1, 0.15) is 25.7 Å². The van der Waals surface area contributed by atoms with Crippen molar-refractivity contribution in [3.8, 4) is 0 Å². The summed E-state index contributed by atoms with van der Waals surface area (Å²) < 4.78 is 23.8. The number of hydrogen-bond donors (Lipinski definition) is 3. The van der Waals surface area contributed by atoms with Crippen LogP contribution in [0.5, 0.6) is 0 Å². The van der Waals surface area contributed by atoms with Gasteiger partial charge in [-0.3, -0.25) is 4.79 Å². The number of carbonyl (C=O) groups is 1. The average Bonchev–Trinajstić information content (AvgIpc) is 2.99. The second-order valence-corrected chi connectivity index (χ2v) is 6.18. The minimum Gasteiger partial charge on any atom is -0.356 e. The lowest BCUT2D eigenvalue weighted by molar-refractivity contribution is -0.120. The van der Waals surface area contributed by atoms with Crippen LogP contribution in [0.25, 0.3) is 0 Å². The van der Waals surface area contributed by atoms with Crippen molar-refractivity contribution in [2.24, 2.45) is 0 Å². The molecule has 0 aromatic rings. The van der Waals surface area contributed by atoms with Crippen LogP contribution in [0, 0.1) is 0 Å². The maximum atomic E-state index is 11.3. The number of sulfonamides is 1. The monoisotopic (exact) mass is 263 g/mol. The summed E-state index contributed by atoms with van der Waals surface area (Å²) in [6.45, 7) is 1.59. The van der Waals surface area contributed by atoms with E-state index < -0.39 is 10.0 Å². The molecular formula is C10H21N3O3S. The number of rotatable bonds is 9. The zero-order valence-corrected chi connectivity index (χ0v) is 11.0. The van der Waals surface area contributed by atoms with E-state index in [1.165, 1.54) is 12.8 Å². The Hall–Kier alpha value is -0.660. The van der Waals surface area contributed by atoms with Crippen molar-refractivity contribution in [2.45, 2.75) is 31.7 Å². The molecule has 0 heterocycles. The first-order valence-corrected chi connectivity index (χ1v) is 7.81. The average molecular weight is 263 g/mol. The second-order valence-electron chi connectivity index (χ2n) is 4.35. The van der Waals surface area contributed by atoms with E-state index in [1.54, 1.807) is 0 Å². The molecule has 3 N–H and O–H groups in total. The number of carbonyl (C=O) groups excluding carboxylic acids is 1. The molecule has 0 saturated heterocycles. The van der Waals surface area contributed by atoms with Gasteiger partial charge in [0.05, 0.1) is 6.26 Å². The molecule has 1 rings (SSSR count). The predicted octanol–water partition coefficient (Wildman–Crippen LogP) is -0.816. The van der Waals surface area contributed by atoms with Gasteiger partial charge in [-0.15, -0.1) is 0 Å². The van der Waals surface area contributed by atoms with Crippen LogP contribution >= 0.6 is 0 Å². The van der Waals surface area contributed by atoms with E-state index >= 15 is 0 Å². The van der Waals surface area contributed by atoms with E-state index in [0.717, 1.165) is 12.8 Å². The van der Waals surface area contributed by atoms with Crippen LogP contribution in [0.3, 0.4) is 0 Å². The van der Waals surface area contributed by atoms with Crippen LogP contribution in [0.4, 0.5) is 0 Å². The van der Waals surface area contributed by atoms with Crippen molar-refractivity contribution >= 4 is 15.9 Å².